The molecule has 10 nitrogen and oxygen atoms in total. The summed E-state index contributed by atoms with van der Waals surface area (Å²) >= 11 is 0. The van der Waals surface area contributed by atoms with Gasteiger partial charge in [-0.3, -0.25) is 19.2 Å². The minimum Gasteiger partial charge on any atom is -0.508 e. The zero-order valence-electron chi connectivity index (χ0n) is 21.6. The third-order valence-electron chi connectivity index (χ3n) is 8.12. The molecule has 3 aliphatic rings. The summed E-state index contributed by atoms with van der Waals surface area (Å²) < 4.78 is 0. The lowest BCUT2D eigenvalue weighted by Gasteiger charge is -2.46. The zero-order valence-corrected chi connectivity index (χ0v) is 21.6. The van der Waals surface area contributed by atoms with Crippen molar-refractivity contribution in [3.05, 3.63) is 63.9 Å². The maximum atomic E-state index is 13.8. The molecule has 0 radical (unpaired) electrons. The third kappa shape index (κ3) is 3.66. The number of amides is 1. The SMILES string of the molecule is CC(=O)c1ccc(-c2cc(N(C)C)c3c(c2O)C(O)=C2C(=O)[C@]4(O)C(O)=C(C(N)=O)C(=O)C[C@@H]4C[C@@H]2C3)cc1. The highest BCUT2D eigenvalue weighted by Crippen LogP contribution is 2.54. The van der Waals surface area contributed by atoms with Crippen molar-refractivity contribution >= 4 is 34.7 Å². The lowest BCUT2D eigenvalue weighted by Crippen LogP contribution is -2.58. The largest absolute Gasteiger partial charge is 0.508 e. The molecule has 1 saturated carbocycles. The van der Waals surface area contributed by atoms with Gasteiger partial charge in [-0.25, -0.2) is 0 Å². The Bertz CT molecular complexity index is 1550. The second-order valence-electron chi connectivity index (χ2n) is 10.6. The van der Waals surface area contributed by atoms with Gasteiger partial charge in [-0.15, -0.1) is 0 Å². The molecule has 2 aromatic rings. The molecular formula is C29H28N2O8. The summed E-state index contributed by atoms with van der Waals surface area (Å²) in [5, 5.41) is 45.0. The van der Waals surface area contributed by atoms with E-state index in [-0.39, 0.29) is 41.9 Å². The van der Waals surface area contributed by atoms with Gasteiger partial charge in [0.15, 0.2) is 17.2 Å². The number of carbonyl (C=O) groups excluding carboxylic acids is 4. The highest BCUT2D eigenvalue weighted by Gasteiger charge is 2.60. The van der Waals surface area contributed by atoms with Gasteiger partial charge in [0.1, 0.15) is 22.8 Å². The predicted molar refractivity (Wildman–Crippen MR) is 141 cm³/mol. The number of hydrogen-bond acceptors (Lipinski definition) is 9. The standard InChI is InChI=1S/C29H28N2O8/c1-12(32)13-4-6-14(7-5-13)17-11-19(31(2)3)18-9-15-8-16-10-20(33)23(28(30)38)27(37)29(16,39)26(36)21(15)25(35)22(18)24(17)34/h4-7,11,15-16,34-35,37,39H,8-10H2,1-3H3,(H2,30,38)/t15-,16+,29+/m1/s1. The Balaban J connectivity index is 1.73. The average Bonchev–Trinajstić information content (AvgIpc) is 2.86. The molecule has 5 rings (SSSR count). The molecule has 39 heavy (non-hydrogen) atoms. The molecule has 3 aliphatic carbocycles. The number of nitrogens with two attached hydrogens (primary N) is 1. The van der Waals surface area contributed by atoms with Crippen molar-refractivity contribution in [2.75, 3.05) is 19.0 Å². The number of ketones is 3. The smallest absolute Gasteiger partial charge is 0.255 e. The van der Waals surface area contributed by atoms with E-state index < -0.39 is 52.0 Å². The van der Waals surface area contributed by atoms with Crippen LogP contribution < -0.4 is 10.6 Å². The van der Waals surface area contributed by atoms with Crippen molar-refractivity contribution in [2.45, 2.75) is 31.8 Å². The number of nitrogens with zero attached hydrogens (tertiary/aromatic N) is 1. The number of benzene rings is 2. The second kappa shape index (κ2) is 8.81. The van der Waals surface area contributed by atoms with Gasteiger partial charge in [-0.1, -0.05) is 24.3 Å². The first-order valence-electron chi connectivity index (χ1n) is 12.4. The van der Waals surface area contributed by atoms with E-state index >= 15 is 0 Å². The van der Waals surface area contributed by atoms with Crippen molar-refractivity contribution < 1.29 is 39.6 Å². The highest BCUT2D eigenvalue weighted by molar-refractivity contribution is 6.22. The fourth-order valence-corrected chi connectivity index (χ4v) is 6.17. The molecule has 3 atom stereocenters. The van der Waals surface area contributed by atoms with Gasteiger partial charge in [0.05, 0.1) is 5.56 Å². The van der Waals surface area contributed by atoms with Crippen LogP contribution in [-0.4, -0.2) is 63.4 Å². The van der Waals surface area contributed by atoms with E-state index in [1.165, 1.54) is 6.92 Å². The number of aliphatic hydroxyl groups excluding tert-OH is 2. The molecule has 0 bridgehead atoms. The van der Waals surface area contributed by atoms with Gasteiger partial charge in [0.2, 0.25) is 5.78 Å². The average molecular weight is 533 g/mol. The van der Waals surface area contributed by atoms with Crippen LogP contribution in [0.25, 0.3) is 16.9 Å². The second-order valence-corrected chi connectivity index (χ2v) is 10.6. The Morgan fingerprint density at radius 3 is 2.26 bits per heavy atom. The highest BCUT2D eigenvalue weighted by atomic mass is 16.3. The molecule has 0 heterocycles. The van der Waals surface area contributed by atoms with E-state index in [0.717, 1.165) is 0 Å². The van der Waals surface area contributed by atoms with E-state index in [0.29, 0.717) is 27.9 Å². The van der Waals surface area contributed by atoms with Gasteiger partial charge in [0.25, 0.3) is 5.91 Å². The molecule has 10 heteroatoms. The van der Waals surface area contributed by atoms with Crippen LogP contribution in [0.2, 0.25) is 0 Å². The van der Waals surface area contributed by atoms with Crippen molar-refractivity contribution in [2.24, 2.45) is 17.6 Å². The van der Waals surface area contributed by atoms with Crippen LogP contribution >= 0.6 is 0 Å². The molecule has 1 fully saturated rings. The molecule has 6 N–H and O–H groups in total. The number of anilines is 1. The Hall–Kier alpha value is -4.44. The number of primary amides is 1. The van der Waals surface area contributed by atoms with Crippen molar-refractivity contribution in [3.8, 4) is 16.9 Å². The molecule has 0 aliphatic heterocycles. The number of fused-ring (bicyclic) bond motifs is 3. The molecule has 0 saturated heterocycles. The minimum atomic E-state index is -2.62. The summed E-state index contributed by atoms with van der Waals surface area (Å²) in [4.78, 5) is 51.6. The predicted octanol–water partition coefficient (Wildman–Crippen LogP) is 2.36. The molecule has 1 amide bonds. The van der Waals surface area contributed by atoms with Gasteiger partial charge in [-0.2, -0.15) is 0 Å². The van der Waals surface area contributed by atoms with Crippen LogP contribution in [-0.2, 0) is 20.8 Å². The van der Waals surface area contributed by atoms with Crippen LogP contribution in [0.4, 0.5) is 5.69 Å². The summed E-state index contributed by atoms with van der Waals surface area (Å²) in [6, 6.07) is 8.33. The fourth-order valence-electron chi connectivity index (χ4n) is 6.17. The molecule has 0 aromatic heterocycles. The van der Waals surface area contributed by atoms with Gasteiger partial charge >= 0.3 is 0 Å². The van der Waals surface area contributed by atoms with E-state index in [9.17, 15) is 39.6 Å². The van der Waals surface area contributed by atoms with E-state index in [1.807, 2.05) is 4.90 Å². The van der Waals surface area contributed by atoms with Gasteiger partial charge in [0, 0.05) is 48.8 Å². The third-order valence-corrected chi connectivity index (χ3v) is 8.12. The number of Topliss-reactive ketones (excluding diaryl/α,β-unsaturated/α-hetero) is 3. The topological polar surface area (TPSA) is 178 Å². The van der Waals surface area contributed by atoms with Crippen molar-refractivity contribution in [1.29, 1.82) is 0 Å². The van der Waals surface area contributed by atoms with Crippen LogP contribution in [0.1, 0.15) is 41.3 Å². The number of aromatic hydroxyl groups is 1. The Kier molecular flexibility index (Phi) is 5.91. The lowest BCUT2D eigenvalue weighted by molar-refractivity contribution is -0.147. The Labute approximate surface area is 223 Å². The lowest BCUT2D eigenvalue weighted by atomic mass is 9.59. The maximum absolute atomic E-state index is 13.8. The van der Waals surface area contributed by atoms with E-state index in [2.05, 4.69) is 0 Å². The van der Waals surface area contributed by atoms with E-state index in [4.69, 9.17) is 5.73 Å². The number of phenolic OH excluding ortho intramolecular Hbond substituents is 1. The molecule has 2 aromatic carbocycles. The number of phenols is 1. The minimum absolute atomic E-state index is 0.0129. The van der Waals surface area contributed by atoms with Gasteiger partial charge < -0.3 is 31.1 Å². The molecule has 202 valence electrons. The zero-order chi connectivity index (χ0) is 28.5. The van der Waals surface area contributed by atoms with Crippen LogP contribution in [0.3, 0.4) is 0 Å². The normalized spacial score (nSPS) is 24.2. The first kappa shape index (κ1) is 26.2. The Morgan fingerprint density at radius 1 is 1.05 bits per heavy atom. The monoisotopic (exact) mass is 532 g/mol. The molecule has 0 unspecified atom stereocenters. The van der Waals surface area contributed by atoms with E-state index in [1.54, 1.807) is 44.4 Å². The number of carbonyl (C=O) groups is 4. The molecule has 0 spiro atoms. The Morgan fingerprint density at radius 2 is 1.69 bits per heavy atom. The first-order chi connectivity index (χ1) is 18.3. The quantitative estimate of drug-likeness (QED) is 0.292. The van der Waals surface area contributed by atoms with Crippen molar-refractivity contribution in [1.82, 2.24) is 0 Å². The van der Waals surface area contributed by atoms with Crippen LogP contribution in [0.15, 0.2) is 47.2 Å². The van der Waals surface area contributed by atoms with Crippen molar-refractivity contribution in [3.63, 3.8) is 0 Å². The maximum Gasteiger partial charge on any atom is 0.255 e. The summed E-state index contributed by atoms with van der Waals surface area (Å²) in [6.45, 7) is 1.44. The van der Waals surface area contributed by atoms with Crippen LogP contribution in [0, 0.1) is 11.8 Å². The van der Waals surface area contributed by atoms with Gasteiger partial charge in [-0.05, 0) is 42.9 Å². The summed E-state index contributed by atoms with van der Waals surface area (Å²) in [7, 11) is 3.59. The van der Waals surface area contributed by atoms with Crippen LogP contribution in [0.5, 0.6) is 5.75 Å². The molecular weight excluding hydrogens is 504 g/mol. The summed E-state index contributed by atoms with van der Waals surface area (Å²) in [5.74, 6) is -6.79. The number of rotatable bonds is 4. The fraction of sp³-hybridized carbons (Fsp3) is 0.310. The summed E-state index contributed by atoms with van der Waals surface area (Å²) in [6.07, 6.45) is -0.104. The summed E-state index contributed by atoms with van der Waals surface area (Å²) in [5.41, 5.74) is 4.26. The number of aliphatic hydroxyl groups is 3. The number of hydrogen-bond donors (Lipinski definition) is 5. The first-order valence-corrected chi connectivity index (χ1v) is 12.4.